The molecule has 1 unspecified atom stereocenters. The number of carboxylic acid groups (broad SMARTS) is 1. The van der Waals surface area contributed by atoms with Gasteiger partial charge in [-0.1, -0.05) is 39.8 Å². The molecule has 0 aromatic heterocycles. The van der Waals surface area contributed by atoms with E-state index in [1.165, 1.54) is 0 Å². The van der Waals surface area contributed by atoms with Crippen molar-refractivity contribution in [1.29, 1.82) is 0 Å². The molecule has 0 spiro atoms. The van der Waals surface area contributed by atoms with E-state index in [2.05, 4.69) is 26.1 Å². The Balaban J connectivity index is 2.81. The second kappa shape index (κ2) is 5.87. The van der Waals surface area contributed by atoms with E-state index in [-0.39, 0.29) is 11.3 Å². The predicted molar refractivity (Wildman–Crippen MR) is 74.3 cm³/mol. The van der Waals surface area contributed by atoms with Gasteiger partial charge in [0.05, 0.1) is 0 Å². The molecule has 1 aromatic rings. The number of carbonyl (C=O) groups excluding carboxylic acids is 1. The van der Waals surface area contributed by atoms with Crippen molar-refractivity contribution in [3.63, 3.8) is 0 Å². The third-order valence-corrected chi connectivity index (χ3v) is 3.02. The van der Waals surface area contributed by atoms with Crippen LogP contribution in [-0.2, 0) is 10.2 Å². The summed E-state index contributed by atoms with van der Waals surface area (Å²) in [5.74, 6) is -1.36. The fraction of sp³-hybridized carbons (Fsp3) is 0.467. The highest BCUT2D eigenvalue weighted by Gasteiger charge is 2.19. The molecule has 4 heteroatoms. The summed E-state index contributed by atoms with van der Waals surface area (Å²) in [6, 6.07) is 6.41. The normalized spacial score (nSPS) is 12.8. The minimum atomic E-state index is -1.01. The van der Waals surface area contributed by atoms with Gasteiger partial charge in [-0.25, -0.2) is 4.79 Å². The summed E-state index contributed by atoms with van der Waals surface area (Å²) in [6.45, 7) is 8.01. The fourth-order valence-electron chi connectivity index (χ4n) is 1.70. The maximum atomic E-state index is 11.9. The molecule has 0 heterocycles. The summed E-state index contributed by atoms with van der Waals surface area (Å²) in [6.07, 6.45) is 0.362. The first-order valence-corrected chi connectivity index (χ1v) is 6.40. The molecule has 0 saturated heterocycles. The van der Waals surface area contributed by atoms with E-state index in [1.807, 2.05) is 12.1 Å². The van der Waals surface area contributed by atoms with Crippen LogP contribution in [0.25, 0.3) is 0 Å². The van der Waals surface area contributed by atoms with Gasteiger partial charge in [0, 0.05) is 5.56 Å². The molecule has 0 aliphatic heterocycles. The summed E-state index contributed by atoms with van der Waals surface area (Å²) in [5.41, 5.74) is 1.64. The molecule has 0 saturated carbocycles. The average molecular weight is 263 g/mol. The molecule has 4 nitrogen and oxygen atoms in total. The molecule has 1 rings (SSSR count). The van der Waals surface area contributed by atoms with Gasteiger partial charge in [0.25, 0.3) is 5.91 Å². The zero-order chi connectivity index (χ0) is 14.6. The average Bonchev–Trinajstić information content (AvgIpc) is 2.34. The Bertz CT molecular complexity index is 457. The third kappa shape index (κ3) is 4.09. The maximum Gasteiger partial charge on any atom is 0.326 e. The summed E-state index contributed by atoms with van der Waals surface area (Å²) >= 11 is 0. The first kappa shape index (κ1) is 15.2. The zero-order valence-corrected chi connectivity index (χ0v) is 11.9. The van der Waals surface area contributed by atoms with E-state index in [4.69, 9.17) is 5.11 Å². The Hall–Kier alpha value is -1.84. The van der Waals surface area contributed by atoms with Crippen LogP contribution in [0.2, 0.25) is 0 Å². The van der Waals surface area contributed by atoms with Crippen LogP contribution in [0.4, 0.5) is 0 Å². The van der Waals surface area contributed by atoms with Crippen LogP contribution in [-0.4, -0.2) is 23.0 Å². The van der Waals surface area contributed by atoms with Gasteiger partial charge in [-0.3, -0.25) is 4.79 Å². The van der Waals surface area contributed by atoms with Gasteiger partial charge in [0.15, 0.2) is 0 Å². The van der Waals surface area contributed by atoms with Crippen LogP contribution in [0.5, 0.6) is 0 Å². The summed E-state index contributed by atoms with van der Waals surface area (Å²) in [7, 11) is 0. The predicted octanol–water partition coefficient (Wildman–Crippen LogP) is 2.58. The molecule has 19 heavy (non-hydrogen) atoms. The van der Waals surface area contributed by atoms with Crippen LogP contribution in [0.15, 0.2) is 24.3 Å². The topological polar surface area (TPSA) is 66.4 Å². The number of benzene rings is 1. The first-order valence-electron chi connectivity index (χ1n) is 6.40. The quantitative estimate of drug-likeness (QED) is 0.877. The molecule has 0 fully saturated rings. The highest BCUT2D eigenvalue weighted by atomic mass is 16.4. The molecule has 104 valence electrons. The number of amides is 1. The van der Waals surface area contributed by atoms with Crippen molar-refractivity contribution in [2.75, 3.05) is 0 Å². The van der Waals surface area contributed by atoms with Crippen LogP contribution >= 0.6 is 0 Å². The second-order valence-electron chi connectivity index (χ2n) is 5.60. The summed E-state index contributed by atoms with van der Waals surface area (Å²) in [5, 5.41) is 11.4. The van der Waals surface area contributed by atoms with Crippen LogP contribution in [0.3, 0.4) is 0 Å². The molecule has 0 aliphatic rings. The summed E-state index contributed by atoms with van der Waals surface area (Å²) in [4.78, 5) is 22.8. The Morgan fingerprint density at radius 3 is 2.11 bits per heavy atom. The third-order valence-electron chi connectivity index (χ3n) is 3.02. The Morgan fingerprint density at radius 2 is 1.74 bits per heavy atom. The number of hydrogen-bond donors (Lipinski definition) is 2. The lowest BCUT2D eigenvalue weighted by Gasteiger charge is -2.19. The first-order chi connectivity index (χ1) is 8.75. The highest BCUT2D eigenvalue weighted by Crippen LogP contribution is 2.22. The van der Waals surface area contributed by atoms with Crippen molar-refractivity contribution in [2.24, 2.45) is 0 Å². The largest absolute Gasteiger partial charge is 0.480 e. The molecule has 0 aliphatic carbocycles. The van der Waals surface area contributed by atoms with Crippen molar-refractivity contribution < 1.29 is 14.7 Å². The summed E-state index contributed by atoms with van der Waals surface area (Å²) < 4.78 is 0. The SMILES string of the molecule is CCC(NC(=O)c1ccc(C(C)(C)C)cc1)C(=O)O. The molecule has 0 bridgehead atoms. The van der Waals surface area contributed by atoms with E-state index < -0.39 is 12.0 Å². The van der Waals surface area contributed by atoms with E-state index in [9.17, 15) is 9.59 Å². The van der Waals surface area contributed by atoms with Gasteiger partial charge in [0.2, 0.25) is 0 Å². The van der Waals surface area contributed by atoms with E-state index >= 15 is 0 Å². The van der Waals surface area contributed by atoms with Gasteiger partial charge in [-0.15, -0.1) is 0 Å². The Morgan fingerprint density at radius 1 is 1.21 bits per heavy atom. The molecule has 1 atom stereocenters. The van der Waals surface area contributed by atoms with Crippen molar-refractivity contribution in [2.45, 2.75) is 45.6 Å². The molecule has 0 radical (unpaired) electrons. The number of carbonyl (C=O) groups is 2. The fourth-order valence-corrected chi connectivity index (χ4v) is 1.70. The Labute approximate surface area is 113 Å². The lowest BCUT2D eigenvalue weighted by atomic mass is 9.86. The van der Waals surface area contributed by atoms with Crippen molar-refractivity contribution in [3.05, 3.63) is 35.4 Å². The molecular weight excluding hydrogens is 242 g/mol. The molecular formula is C15H21NO3. The lowest BCUT2D eigenvalue weighted by molar-refractivity contribution is -0.139. The van der Waals surface area contributed by atoms with Gasteiger partial charge >= 0.3 is 5.97 Å². The van der Waals surface area contributed by atoms with Crippen LogP contribution in [0, 0.1) is 0 Å². The number of carboxylic acids is 1. The minimum absolute atomic E-state index is 0.0298. The van der Waals surface area contributed by atoms with E-state index in [0.717, 1.165) is 5.56 Å². The molecule has 2 N–H and O–H groups in total. The highest BCUT2D eigenvalue weighted by molar-refractivity contribution is 5.96. The van der Waals surface area contributed by atoms with Crippen molar-refractivity contribution in [3.8, 4) is 0 Å². The monoisotopic (exact) mass is 263 g/mol. The van der Waals surface area contributed by atoms with Gasteiger partial charge < -0.3 is 10.4 Å². The lowest BCUT2D eigenvalue weighted by Crippen LogP contribution is -2.40. The molecule has 1 aromatic carbocycles. The maximum absolute atomic E-state index is 11.9. The van der Waals surface area contributed by atoms with E-state index in [0.29, 0.717) is 12.0 Å². The van der Waals surface area contributed by atoms with Crippen LogP contribution < -0.4 is 5.32 Å². The van der Waals surface area contributed by atoms with Gasteiger partial charge in [-0.05, 0) is 29.5 Å². The number of aliphatic carboxylic acids is 1. The van der Waals surface area contributed by atoms with Crippen LogP contribution in [0.1, 0.15) is 50.0 Å². The Kier molecular flexibility index (Phi) is 4.70. The number of rotatable bonds is 4. The number of hydrogen-bond acceptors (Lipinski definition) is 2. The van der Waals surface area contributed by atoms with Crippen molar-refractivity contribution >= 4 is 11.9 Å². The van der Waals surface area contributed by atoms with Crippen molar-refractivity contribution in [1.82, 2.24) is 5.32 Å². The molecule has 1 amide bonds. The smallest absolute Gasteiger partial charge is 0.326 e. The second-order valence-corrected chi connectivity index (χ2v) is 5.60. The van der Waals surface area contributed by atoms with E-state index in [1.54, 1.807) is 19.1 Å². The standard InChI is InChI=1S/C15H21NO3/c1-5-12(14(18)19)16-13(17)10-6-8-11(9-7-10)15(2,3)4/h6-9,12H,5H2,1-4H3,(H,16,17)(H,18,19). The zero-order valence-electron chi connectivity index (χ0n) is 11.9. The van der Waals surface area contributed by atoms with Gasteiger partial charge in [0.1, 0.15) is 6.04 Å². The number of nitrogens with one attached hydrogen (secondary N) is 1. The minimum Gasteiger partial charge on any atom is -0.480 e. The van der Waals surface area contributed by atoms with Gasteiger partial charge in [-0.2, -0.15) is 0 Å².